The van der Waals surface area contributed by atoms with Gasteiger partial charge in [0, 0.05) is 16.0 Å². The number of hydrogen-bond acceptors (Lipinski definition) is 4. The van der Waals surface area contributed by atoms with E-state index in [0.717, 1.165) is 11.0 Å². The molecule has 6 heteroatoms. The van der Waals surface area contributed by atoms with E-state index in [1.54, 1.807) is 12.3 Å². The van der Waals surface area contributed by atoms with Crippen molar-refractivity contribution in [1.82, 2.24) is 14.6 Å². The van der Waals surface area contributed by atoms with Crippen LogP contribution in [0.15, 0.2) is 53.1 Å². The molecular formula is C14H8FN3O2. The van der Waals surface area contributed by atoms with Gasteiger partial charge in [-0.1, -0.05) is 18.2 Å². The summed E-state index contributed by atoms with van der Waals surface area (Å²) in [6, 6.07) is 12.6. The van der Waals surface area contributed by atoms with Gasteiger partial charge >= 0.3 is 0 Å². The third-order valence-electron chi connectivity index (χ3n) is 3.09. The summed E-state index contributed by atoms with van der Waals surface area (Å²) in [5.74, 6) is 0.482. The predicted octanol–water partition coefficient (Wildman–Crippen LogP) is 3.41. The van der Waals surface area contributed by atoms with Crippen molar-refractivity contribution in [2.24, 2.45) is 0 Å². The summed E-state index contributed by atoms with van der Waals surface area (Å²) in [7, 11) is 0. The van der Waals surface area contributed by atoms with E-state index >= 15 is 0 Å². The molecule has 0 atom stereocenters. The molecule has 0 spiro atoms. The summed E-state index contributed by atoms with van der Waals surface area (Å²) in [6.45, 7) is 0. The maximum absolute atomic E-state index is 12.2. The number of nitrogens with zero attached hydrogens (tertiary/aromatic N) is 3. The SMILES string of the molecule is FOc1ccc2ncc(-c3cc4ccccc4o3)n2n1. The summed E-state index contributed by atoms with van der Waals surface area (Å²) in [6.07, 6.45) is 1.63. The molecule has 0 fully saturated rings. The Morgan fingerprint density at radius 1 is 1.15 bits per heavy atom. The lowest BCUT2D eigenvalue weighted by molar-refractivity contribution is -0.0132. The van der Waals surface area contributed by atoms with Crippen LogP contribution in [0, 0.1) is 0 Å². The van der Waals surface area contributed by atoms with Gasteiger partial charge in [-0.05, 0) is 18.2 Å². The number of para-hydroxylation sites is 1. The predicted molar refractivity (Wildman–Crippen MR) is 69.9 cm³/mol. The molecule has 0 saturated carbocycles. The zero-order chi connectivity index (χ0) is 13.5. The fraction of sp³-hybridized carbons (Fsp3) is 0. The van der Waals surface area contributed by atoms with Crippen molar-refractivity contribution in [3.63, 3.8) is 0 Å². The molecule has 3 aromatic heterocycles. The first-order chi connectivity index (χ1) is 9.85. The normalized spacial score (nSPS) is 11.2. The second kappa shape index (κ2) is 4.06. The van der Waals surface area contributed by atoms with Crippen molar-refractivity contribution in [2.45, 2.75) is 0 Å². The molecular weight excluding hydrogens is 261 g/mol. The summed E-state index contributed by atoms with van der Waals surface area (Å²) in [5, 5.41) is 4.98. The molecule has 0 unspecified atom stereocenters. The topological polar surface area (TPSA) is 52.6 Å². The van der Waals surface area contributed by atoms with E-state index in [9.17, 15) is 4.53 Å². The molecule has 98 valence electrons. The van der Waals surface area contributed by atoms with Crippen molar-refractivity contribution in [3.05, 3.63) is 48.7 Å². The van der Waals surface area contributed by atoms with E-state index in [1.807, 2.05) is 30.3 Å². The highest BCUT2D eigenvalue weighted by Crippen LogP contribution is 2.28. The summed E-state index contributed by atoms with van der Waals surface area (Å²) in [5.41, 5.74) is 1.99. The Morgan fingerprint density at radius 2 is 2.05 bits per heavy atom. The smallest absolute Gasteiger partial charge is 0.280 e. The van der Waals surface area contributed by atoms with Gasteiger partial charge in [0.1, 0.15) is 11.3 Å². The third kappa shape index (κ3) is 1.55. The Labute approximate surface area is 112 Å². The molecule has 0 aliphatic carbocycles. The zero-order valence-corrected chi connectivity index (χ0v) is 10.2. The van der Waals surface area contributed by atoms with E-state index in [2.05, 4.69) is 15.0 Å². The van der Waals surface area contributed by atoms with Gasteiger partial charge in [-0.3, -0.25) is 4.94 Å². The van der Waals surface area contributed by atoms with Crippen molar-refractivity contribution >= 4 is 16.6 Å². The van der Waals surface area contributed by atoms with Crippen molar-refractivity contribution in [2.75, 3.05) is 0 Å². The molecule has 0 radical (unpaired) electrons. The van der Waals surface area contributed by atoms with Crippen LogP contribution >= 0.6 is 0 Å². The highest BCUT2D eigenvalue weighted by molar-refractivity contribution is 5.82. The van der Waals surface area contributed by atoms with Crippen molar-refractivity contribution in [3.8, 4) is 17.3 Å². The van der Waals surface area contributed by atoms with Crippen LogP contribution in [0.5, 0.6) is 5.88 Å². The lowest BCUT2D eigenvalue weighted by Crippen LogP contribution is -1.95. The average Bonchev–Trinajstić information content (AvgIpc) is 3.09. The molecule has 1 aromatic carbocycles. The first-order valence-corrected chi connectivity index (χ1v) is 5.97. The van der Waals surface area contributed by atoms with Gasteiger partial charge in [-0.2, -0.15) is 0 Å². The minimum Gasteiger partial charge on any atom is -0.454 e. The number of benzene rings is 1. The molecule has 4 rings (SSSR count). The molecule has 0 amide bonds. The second-order valence-corrected chi connectivity index (χ2v) is 4.31. The first kappa shape index (κ1) is 11.0. The molecule has 3 heterocycles. The molecule has 0 bridgehead atoms. The minimum atomic E-state index is -0.132. The monoisotopic (exact) mass is 269 g/mol. The molecule has 4 aromatic rings. The fourth-order valence-electron chi connectivity index (χ4n) is 2.17. The van der Waals surface area contributed by atoms with Gasteiger partial charge < -0.3 is 4.42 Å². The second-order valence-electron chi connectivity index (χ2n) is 4.31. The highest BCUT2D eigenvalue weighted by atomic mass is 19.3. The number of furan rings is 1. The van der Waals surface area contributed by atoms with Crippen LogP contribution in [0.25, 0.3) is 28.1 Å². The maximum Gasteiger partial charge on any atom is 0.280 e. The first-order valence-electron chi connectivity index (χ1n) is 5.97. The van der Waals surface area contributed by atoms with Gasteiger partial charge in [0.15, 0.2) is 11.4 Å². The lowest BCUT2D eigenvalue weighted by Gasteiger charge is -1.98. The molecule has 5 nitrogen and oxygen atoms in total. The maximum atomic E-state index is 12.2. The van der Waals surface area contributed by atoms with Gasteiger partial charge in [-0.15, -0.1) is 5.10 Å². The standard InChI is InChI=1S/C14H8FN3O2/c15-20-14-6-5-13-16-8-10(18(13)17-14)12-7-9-3-1-2-4-11(9)19-12/h1-8H. The van der Waals surface area contributed by atoms with Crippen LogP contribution in [0.2, 0.25) is 0 Å². The summed E-state index contributed by atoms with van der Waals surface area (Å²) < 4.78 is 19.5. The van der Waals surface area contributed by atoms with Crippen LogP contribution in [-0.4, -0.2) is 14.6 Å². The zero-order valence-electron chi connectivity index (χ0n) is 10.2. The minimum absolute atomic E-state index is 0.132. The van der Waals surface area contributed by atoms with Crippen LogP contribution < -0.4 is 4.94 Å². The van der Waals surface area contributed by atoms with E-state index in [-0.39, 0.29) is 5.88 Å². The van der Waals surface area contributed by atoms with Crippen molar-refractivity contribution in [1.29, 1.82) is 0 Å². The summed E-state index contributed by atoms with van der Waals surface area (Å²) in [4.78, 5) is 7.85. The van der Waals surface area contributed by atoms with Gasteiger partial charge in [0.25, 0.3) is 5.88 Å². The fourth-order valence-corrected chi connectivity index (χ4v) is 2.17. The average molecular weight is 269 g/mol. The Hall–Kier alpha value is -2.89. The van der Waals surface area contributed by atoms with E-state index < -0.39 is 0 Å². The Kier molecular flexibility index (Phi) is 2.23. The number of imidazole rings is 1. The van der Waals surface area contributed by atoms with E-state index in [1.165, 1.54) is 10.6 Å². The largest absolute Gasteiger partial charge is 0.454 e. The van der Waals surface area contributed by atoms with E-state index in [4.69, 9.17) is 4.42 Å². The molecule has 0 N–H and O–H groups in total. The summed E-state index contributed by atoms with van der Waals surface area (Å²) >= 11 is 0. The molecule has 0 saturated heterocycles. The Bertz CT molecular complexity index is 880. The number of hydrogen-bond donors (Lipinski definition) is 0. The third-order valence-corrected chi connectivity index (χ3v) is 3.09. The quantitative estimate of drug-likeness (QED) is 0.559. The van der Waals surface area contributed by atoms with E-state index in [0.29, 0.717) is 17.1 Å². The van der Waals surface area contributed by atoms with Crippen molar-refractivity contribution < 1.29 is 13.9 Å². The molecule has 0 aliphatic rings. The Morgan fingerprint density at radius 3 is 2.90 bits per heavy atom. The van der Waals surface area contributed by atoms with Gasteiger partial charge in [0.05, 0.1) is 6.20 Å². The number of rotatable bonds is 2. The number of aromatic nitrogens is 3. The van der Waals surface area contributed by atoms with Crippen LogP contribution in [0.4, 0.5) is 4.53 Å². The van der Waals surface area contributed by atoms with Crippen LogP contribution in [-0.2, 0) is 0 Å². The number of halogens is 1. The Balaban J connectivity index is 1.96. The number of fused-ring (bicyclic) bond motifs is 2. The highest BCUT2D eigenvalue weighted by Gasteiger charge is 2.13. The molecule has 0 aliphatic heterocycles. The molecule has 20 heavy (non-hydrogen) atoms. The lowest BCUT2D eigenvalue weighted by atomic mass is 10.2. The van der Waals surface area contributed by atoms with Gasteiger partial charge in [0.2, 0.25) is 0 Å². The van der Waals surface area contributed by atoms with Crippen LogP contribution in [0.1, 0.15) is 0 Å². The van der Waals surface area contributed by atoms with Crippen LogP contribution in [0.3, 0.4) is 0 Å². The van der Waals surface area contributed by atoms with Gasteiger partial charge in [-0.25, -0.2) is 9.50 Å².